The second-order valence-electron chi connectivity index (χ2n) is 12.8. The molecule has 0 saturated carbocycles. The lowest BCUT2D eigenvalue weighted by molar-refractivity contribution is 0.801. The quantitative estimate of drug-likeness (QED) is 0.192. The lowest BCUT2D eigenvalue weighted by Crippen LogP contribution is -2.26. The highest BCUT2D eigenvalue weighted by Crippen LogP contribution is 2.67. The van der Waals surface area contributed by atoms with E-state index in [9.17, 15) is 0 Å². The summed E-state index contributed by atoms with van der Waals surface area (Å²) in [7, 11) is 0. The molecule has 224 valence electrons. The van der Waals surface area contributed by atoms with Crippen LogP contribution in [0.5, 0.6) is 0 Å². The Balaban J connectivity index is 1.47. The molecule has 0 unspecified atom stereocenters. The molecule has 8 aromatic carbocycles. The van der Waals surface area contributed by atoms with E-state index in [-0.39, 0.29) is 0 Å². The van der Waals surface area contributed by atoms with Gasteiger partial charge in [-0.1, -0.05) is 164 Å². The number of nitrogens with zero attached hydrogens (tertiary/aromatic N) is 1. The topological polar surface area (TPSA) is 3.24 Å². The molecule has 0 amide bonds. The molecule has 2 aliphatic rings. The van der Waals surface area contributed by atoms with E-state index in [1.54, 1.807) is 0 Å². The summed E-state index contributed by atoms with van der Waals surface area (Å²) in [5, 5.41) is 2.51. The van der Waals surface area contributed by atoms with Crippen LogP contribution in [-0.2, 0) is 5.41 Å². The summed E-state index contributed by atoms with van der Waals surface area (Å²) in [6.07, 6.45) is 0. The second kappa shape index (κ2) is 10.4. The largest absolute Gasteiger partial charge is 0.309 e. The summed E-state index contributed by atoms with van der Waals surface area (Å²) in [4.78, 5) is 2.47. The SMILES string of the molecule is c1ccc(-c2c3c(c4ccccc4c2N(c2ccccc2)c2ccccc2)C2(c4ccccc4-c4ccccc42)c2ccccc2-3)cc1. The molecule has 0 N–H and O–H groups in total. The Morgan fingerprint density at radius 3 is 1.31 bits per heavy atom. The first-order chi connectivity index (χ1) is 23.9. The van der Waals surface area contributed by atoms with Crippen LogP contribution in [0.2, 0.25) is 0 Å². The first-order valence-corrected chi connectivity index (χ1v) is 16.7. The zero-order chi connectivity index (χ0) is 31.7. The van der Waals surface area contributed by atoms with Crippen molar-refractivity contribution in [3.05, 3.63) is 210 Å². The summed E-state index contributed by atoms with van der Waals surface area (Å²) >= 11 is 0. The second-order valence-corrected chi connectivity index (χ2v) is 12.8. The monoisotopic (exact) mass is 609 g/mol. The normalized spacial score (nSPS) is 13.2. The molecule has 0 atom stereocenters. The van der Waals surface area contributed by atoms with Gasteiger partial charge in [-0.15, -0.1) is 0 Å². The van der Waals surface area contributed by atoms with Crippen LogP contribution in [0.3, 0.4) is 0 Å². The van der Waals surface area contributed by atoms with Crippen molar-refractivity contribution in [1.29, 1.82) is 0 Å². The molecule has 0 bridgehead atoms. The third-order valence-electron chi connectivity index (χ3n) is 10.4. The number of benzene rings is 8. The average molecular weight is 610 g/mol. The lowest BCUT2D eigenvalue weighted by atomic mass is 9.69. The first-order valence-electron chi connectivity index (χ1n) is 16.7. The number of hydrogen-bond donors (Lipinski definition) is 0. The minimum absolute atomic E-state index is 0.453. The van der Waals surface area contributed by atoms with E-state index in [0.717, 1.165) is 11.4 Å². The van der Waals surface area contributed by atoms with Gasteiger partial charge in [0.15, 0.2) is 0 Å². The number of hydrogen-bond acceptors (Lipinski definition) is 1. The molecule has 0 heterocycles. The molecule has 48 heavy (non-hydrogen) atoms. The average Bonchev–Trinajstić information content (AvgIpc) is 3.64. The van der Waals surface area contributed by atoms with Crippen molar-refractivity contribution in [3.8, 4) is 33.4 Å². The van der Waals surface area contributed by atoms with Crippen LogP contribution in [0, 0.1) is 0 Å². The third kappa shape index (κ3) is 3.56. The van der Waals surface area contributed by atoms with E-state index in [0.29, 0.717) is 0 Å². The molecule has 0 aliphatic heterocycles. The van der Waals surface area contributed by atoms with Gasteiger partial charge in [0.25, 0.3) is 0 Å². The van der Waals surface area contributed by atoms with Gasteiger partial charge in [0.05, 0.1) is 11.1 Å². The Morgan fingerprint density at radius 2 is 0.750 bits per heavy atom. The zero-order valence-corrected chi connectivity index (χ0v) is 26.3. The molecule has 2 aliphatic carbocycles. The van der Waals surface area contributed by atoms with Crippen molar-refractivity contribution in [2.75, 3.05) is 4.90 Å². The standard InChI is InChI=1S/C47H31N/c1-4-18-32(19-5-1)43-44-39-28-14-17-31-42(39)47(40-29-15-12-24-35(40)36-25-13-16-30-41(36)47)45(44)37-26-10-11-27-38(37)46(43)48(33-20-6-2-7-21-33)34-22-8-3-9-23-34/h1-31H. The summed E-state index contributed by atoms with van der Waals surface area (Å²) in [6.45, 7) is 0. The molecule has 0 fully saturated rings. The number of fused-ring (bicyclic) bond motifs is 12. The molecule has 1 nitrogen and oxygen atoms in total. The molecule has 0 aromatic heterocycles. The maximum atomic E-state index is 2.47. The van der Waals surface area contributed by atoms with Gasteiger partial charge in [0, 0.05) is 22.3 Å². The van der Waals surface area contributed by atoms with Gasteiger partial charge in [-0.3, -0.25) is 0 Å². The van der Waals surface area contributed by atoms with Crippen LogP contribution in [0.25, 0.3) is 44.2 Å². The van der Waals surface area contributed by atoms with Gasteiger partial charge in [0.2, 0.25) is 0 Å². The molecular formula is C47H31N. The fraction of sp³-hybridized carbons (Fsp3) is 0.0213. The van der Waals surface area contributed by atoms with Crippen LogP contribution in [0.4, 0.5) is 17.1 Å². The summed E-state index contributed by atoms with van der Waals surface area (Å²) < 4.78 is 0. The lowest BCUT2D eigenvalue weighted by Gasteiger charge is -2.34. The summed E-state index contributed by atoms with van der Waals surface area (Å²) in [6, 6.07) is 69.1. The van der Waals surface area contributed by atoms with Gasteiger partial charge >= 0.3 is 0 Å². The zero-order valence-electron chi connectivity index (χ0n) is 26.3. The smallest absolute Gasteiger partial charge is 0.0731 e. The number of rotatable bonds is 4. The van der Waals surface area contributed by atoms with E-state index >= 15 is 0 Å². The van der Waals surface area contributed by atoms with Gasteiger partial charge < -0.3 is 4.90 Å². The van der Waals surface area contributed by atoms with Gasteiger partial charge in [0.1, 0.15) is 0 Å². The predicted molar refractivity (Wildman–Crippen MR) is 200 cm³/mol. The van der Waals surface area contributed by atoms with Crippen molar-refractivity contribution in [1.82, 2.24) is 0 Å². The van der Waals surface area contributed by atoms with Gasteiger partial charge in [-0.05, 0) is 79.7 Å². The molecule has 10 rings (SSSR count). The van der Waals surface area contributed by atoms with Crippen LogP contribution in [-0.4, -0.2) is 0 Å². The highest BCUT2D eigenvalue weighted by atomic mass is 15.1. The highest BCUT2D eigenvalue weighted by Gasteiger charge is 2.53. The van der Waals surface area contributed by atoms with E-state index < -0.39 is 5.41 Å². The van der Waals surface area contributed by atoms with Crippen molar-refractivity contribution >= 4 is 27.8 Å². The fourth-order valence-corrected chi connectivity index (χ4v) is 8.72. The Hall–Kier alpha value is -6.18. The van der Waals surface area contributed by atoms with E-state index in [1.165, 1.54) is 72.1 Å². The fourth-order valence-electron chi connectivity index (χ4n) is 8.72. The van der Waals surface area contributed by atoms with E-state index in [1.807, 2.05) is 0 Å². The minimum atomic E-state index is -0.453. The molecular weight excluding hydrogens is 579 g/mol. The van der Waals surface area contributed by atoms with E-state index in [4.69, 9.17) is 0 Å². The van der Waals surface area contributed by atoms with Gasteiger partial charge in [-0.25, -0.2) is 0 Å². The number of anilines is 3. The molecule has 1 heteroatoms. The highest BCUT2D eigenvalue weighted by molar-refractivity contribution is 6.17. The van der Waals surface area contributed by atoms with Gasteiger partial charge in [-0.2, -0.15) is 0 Å². The Kier molecular flexibility index (Phi) is 5.86. The Labute approximate surface area is 281 Å². The van der Waals surface area contributed by atoms with Crippen LogP contribution >= 0.6 is 0 Å². The minimum Gasteiger partial charge on any atom is -0.309 e. The molecule has 8 aromatic rings. The molecule has 0 radical (unpaired) electrons. The van der Waals surface area contributed by atoms with Crippen molar-refractivity contribution < 1.29 is 0 Å². The molecule has 0 saturated heterocycles. The van der Waals surface area contributed by atoms with Crippen LogP contribution < -0.4 is 4.90 Å². The maximum Gasteiger partial charge on any atom is 0.0731 e. The third-order valence-corrected chi connectivity index (χ3v) is 10.4. The number of para-hydroxylation sites is 2. The van der Waals surface area contributed by atoms with Crippen molar-refractivity contribution in [3.63, 3.8) is 0 Å². The first kappa shape index (κ1) is 27.0. The Bertz CT molecular complexity index is 2410. The van der Waals surface area contributed by atoms with Crippen molar-refractivity contribution in [2.45, 2.75) is 5.41 Å². The van der Waals surface area contributed by atoms with Crippen molar-refractivity contribution in [2.24, 2.45) is 0 Å². The van der Waals surface area contributed by atoms with Crippen LogP contribution in [0.15, 0.2) is 188 Å². The van der Waals surface area contributed by atoms with Crippen LogP contribution in [0.1, 0.15) is 22.3 Å². The summed E-state index contributed by atoms with van der Waals surface area (Å²) in [5.74, 6) is 0. The Morgan fingerprint density at radius 1 is 0.333 bits per heavy atom. The van der Waals surface area contributed by atoms with E-state index in [2.05, 4.69) is 193 Å². The summed E-state index contributed by atoms with van der Waals surface area (Å²) in [5.41, 5.74) is 16.1. The maximum absolute atomic E-state index is 2.47. The predicted octanol–water partition coefficient (Wildman–Crippen LogP) is 12.3. The molecule has 1 spiro atoms.